The average molecular weight is 120 g/mol. The SMILES string of the molecule is C=C(C#N)c1ncn[nH]1. The molecule has 1 aromatic heterocycles. The molecule has 0 saturated carbocycles. The van der Waals surface area contributed by atoms with Gasteiger partial charge in [-0.2, -0.15) is 10.4 Å². The minimum Gasteiger partial charge on any atom is -0.259 e. The summed E-state index contributed by atoms with van der Waals surface area (Å²) < 4.78 is 0. The quantitative estimate of drug-likeness (QED) is 0.543. The summed E-state index contributed by atoms with van der Waals surface area (Å²) in [7, 11) is 0. The first-order chi connectivity index (χ1) is 4.34. The van der Waals surface area contributed by atoms with Crippen molar-refractivity contribution in [3.8, 4) is 6.07 Å². The first kappa shape index (κ1) is 5.51. The molecular weight excluding hydrogens is 116 g/mol. The lowest BCUT2D eigenvalue weighted by Crippen LogP contribution is -1.80. The van der Waals surface area contributed by atoms with E-state index in [-0.39, 0.29) is 0 Å². The third-order valence-corrected chi connectivity index (χ3v) is 0.836. The van der Waals surface area contributed by atoms with Gasteiger partial charge >= 0.3 is 0 Å². The number of hydrogen-bond donors (Lipinski definition) is 1. The van der Waals surface area contributed by atoms with Crippen LogP contribution in [0.5, 0.6) is 0 Å². The van der Waals surface area contributed by atoms with E-state index in [0.29, 0.717) is 11.4 Å². The molecule has 1 heterocycles. The Balaban J connectivity index is 2.93. The van der Waals surface area contributed by atoms with Crippen molar-refractivity contribution in [2.24, 2.45) is 0 Å². The zero-order valence-corrected chi connectivity index (χ0v) is 4.63. The Labute approximate surface area is 51.8 Å². The van der Waals surface area contributed by atoms with Crippen LogP contribution in [0.2, 0.25) is 0 Å². The van der Waals surface area contributed by atoms with Crippen LogP contribution in [0.25, 0.3) is 5.57 Å². The smallest absolute Gasteiger partial charge is 0.165 e. The lowest BCUT2D eigenvalue weighted by atomic mass is 10.3. The van der Waals surface area contributed by atoms with E-state index in [1.165, 1.54) is 6.33 Å². The number of nitrogens with zero attached hydrogens (tertiary/aromatic N) is 3. The monoisotopic (exact) mass is 120 g/mol. The fraction of sp³-hybridized carbons (Fsp3) is 0. The molecule has 0 aromatic carbocycles. The lowest BCUT2D eigenvalue weighted by molar-refractivity contribution is 1.07. The van der Waals surface area contributed by atoms with E-state index in [1.807, 2.05) is 6.07 Å². The summed E-state index contributed by atoms with van der Waals surface area (Å²) in [6.45, 7) is 3.42. The summed E-state index contributed by atoms with van der Waals surface area (Å²) in [5.74, 6) is 0.428. The molecule has 0 fully saturated rings. The van der Waals surface area contributed by atoms with E-state index < -0.39 is 0 Å². The molecule has 1 N–H and O–H groups in total. The maximum Gasteiger partial charge on any atom is 0.165 e. The number of aromatic amines is 1. The van der Waals surface area contributed by atoms with Gasteiger partial charge in [-0.25, -0.2) is 4.98 Å². The van der Waals surface area contributed by atoms with Crippen LogP contribution in [0, 0.1) is 11.3 Å². The van der Waals surface area contributed by atoms with Gasteiger partial charge < -0.3 is 0 Å². The van der Waals surface area contributed by atoms with Gasteiger partial charge in [0.2, 0.25) is 0 Å². The molecule has 0 spiro atoms. The van der Waals surface area contributed by atoms with Crippen molar-refractivity contribution in [1.82, 2.24) is 15.2 Å². The van der Waals surface area contributed by atoms with Gasteiger partial charge in [-0.3, -0.25) is 5.10 Å². The standard InChI is InChI=1S/C5H4N4/c1-4(2-6)5-7-3-8-9-5/h3H,1H2,(H,7,8,9). The predicted molar refractivity (Wildman–Crippen MR) is 31.0 cm³/mol. The molecule has 0 amide bonds. The van der Waals surface area contributed by atoms with Crippen molar-refractivity contribution >= 4 is 5.57 Å². The van der Waals surface area contributed by atoms with Crippen LogP contribution >= 0.6 is 0 Å². The number of H-pyrrole nitrogens is 1. The molecule has 9 heavy (non-hydrogen) atoms. The molecule has 0 unspecified atom stereocenters. The largest absolute Gasteiger partial charge is 0.259 e. The highest BCUT2D eigenvalue weighted by molar-refractivity contribution is 5.69. The molecule has 1 rings (SSSR count). The summed E-state index contributed by atoms with van der Waals surface area (Å²) in [5.41, 5.74) is 0.299. The van der Waals surface area contributed by atoms with Crippen molar-refractivity contribution in [3.05, 3.63) is 18.7 Å². The Kier molecular flexibility index (Phi) is 1.28. The van der Waals surface area contributed by atoms with E-state index in [9.17, 15) is 0 Å². The van der Waals surface area contributed by atoms with Gasteiger partial charge in [-0.15, -0.1) is 0 Å². The second-order valence-electron chi connectivity index (χ2n) is 1.42. The molecule has 0 aliphatic heterocycles. The molecule has 0 bridgehead atoms. The summed E-state index contributed by atoms with van der Waals surface area (Å²) in [5, 5.41) is 14.3. The van der Waals surface area contributed by atoms with Crippen LogP contribution in [-0.2, 0) is 0 Å². The van der Waals surface area contributed by atoms with Crippen LogP contribution in [-0.4, -0.2) is 15.2 Å². The van der Waals surface area contributed by atoms with Crippen molar-refractivity contribution in [2.45, 2.75) is 0 Å². The number of nitriles is 1. The molecule has 0 aliphatic carbocycles. The van der Waals surface area contributed by atoms with Gasteiger partial charge in [-0.05, 0) is 0 Å². The predicted octanol–water partition coefficient (Wildman–Crippen LogP) is 0.341. The van der Waals surface area contributed by atoms with Crippen molar-refractivity contribution in [3.63, 3.8) is 0 Å². The summed E-state index contributed by atoms with van der Waals surface area (Å²) >= 11 is 0. The molecule has 4 nitrogen and oxygen atoms in total. The van der Waals surface area contributed by atoms with E-state index >= 15 is 0 Å². The average Bonchev–Trinajstić information content (AvgIpc) is 2.37. The van der Waals surface area contributed by atoms with Crippen LogP contribution in [0.1, 0.15) is 5.82 Å². The highest BCUT2D eigenvalue weighted by atomic mass is 15.2. The Bertz CT molecular complexity index is 240. The fourth-order valence-electron chi connectivity index (χ4n) is 0.404. The van der Waals surface area contributed by atoms with E-state index in [0.717, 1.165) is 0 Å². The third-order valence-electron chi connectivity index (χ3n) is 0.836. The molecule has 4 heteroatoms. The summed E-state index contributed by atoms with van der Waals surface area (Å²) in [6.07, 6.45) is 1.33. The Morgan fingerprint density at radius 3 is 3.11 bits per heavy atom. The Morgan fingerprint density at radius 1 is 1.89 bits per heavy atom. The molecule has 0 aliphatic rings. The number of nitrogens with one attached hydrogen (secondary N) is 1. The molecule has 0 saturated heterocycles. The molecule has 0 atom stereocenters. The first-order valence-corrected chi connectivity index (χ1v) is 2.29. The van der Waals surface area contributed by atoms with Gasteiger partial charge in [0.25, 0.3) is 0 Å². The molecular formula is C5H4N4. The van der Waals surface area contributed by atoms with Gasteiger partial charge in [0.05, 0.1) is 5.57 Å². The summed E-state index contributed by atoms with van der Waals surface area (Å²) in [4.78, 5) is 3.70. The second kappa shape index (κ2) is 2.09. The van der Waals surface area contributed by atoms with Gasteiger partial charge in [0.1, 0.15) is 12.4 Å². The topological polar surface area (TPSA) is 65.4 Å². The van der Waals surface area contributed by atoms with Crippen LogP contribution < -0.4 is 0 Å². The highest BCUT2D eigenvalue weighted by Crippen LogP contribution is 1.99. The number of aromatic nitrogens is 3. The number of hydrogen-bond acceptors (Lipinski definition) is 3. The van der Waals surface area contributed by atoms with Crippen molar-refractivity contribution in [1.29, 1.82) is 5.26 Å². The maximum atomic E-state index is 8.27. The second-order valence-corrected chi connectivity index (χ2v) is 1.42. The van der Waals surface area contributed by atoms with Gasteiger partial charge in [0, 0.05) is 0 Å². The minimum atomic E-state index is 0.299. The zero-order valence-electron chi connectivity index (χ0n) is 4.63. The third kappa shape index (κ3) is 0.941. The van der Waals surface area contributed by atoms with E-state index in [2.05, 4.69) is 21.8 Å². The number of allylic oxidation sites excluding steroid dienone is 1. The maximum absolute atomic E-state index is 8.27. The van der Waals surface area contributed by atoms with Gasteiger partial charge in [0.15, 0.2) is 5.82 Å². The Morgan fingerprint density at radius 2 is 2.67 bits per heavy atom. The van der Waals surface area contributed by atoms with Crippen molar-refractivity contribution < 1.29 is 0 Å². The normalized spacial score (nSPS) is 8.33. The van der Waals surface area contributed by atoms with Gasteiger partial charge in [-0.1, -0.05) is 6.58 Å². The highest BCUT2D eigenvalue weighted by Gasteiger charge is 1.96. The molecule has 44 valence electrons. The molecule has 0 radical (unpaired) electrons. The number of rotatable bonds is 1. The fourth-order valence-corrected chi connectivity index (χ4v) is 0.404. The lowest BCUT2D eigenvalue weighted by Gasteiger charge is -1.81. The Hall–Kier alpha value is -1.63. The van der Waals surface area contributed by atoms with Crippen LogP contribution in [0.15, 0.2) is 12.9 Å². The van der Waals surface area contributed by atoms with Crippen LogP contribution in [0.4, 0.5) is 0 Å². The van der Waals surface area contributed by atoms with E-state index in [4.69, 9.17) is 5.26 Å². The van der Waals surface area contributed by atoms with Crippen molar-refractivity contribution in [2.75, 3.05) is 0 Å². The molecule has 1 aromatic rings. The first-order valence-electron chi connectivity index (χ1n) is 2.29. The van der Waals surface area contributed by atoms with E-state index in [1.54, 1.807) is 0 Å². The minimum absolute atomic E-state index is 0.299. The zero-order chi connectivity index (χ0) is 6.69. The van der Waals surface area contributed by atoms with Crippen LogP contribution in [0.3, 0.4) is 0 Å². The summed E-state index contributed by atoms with van der Waals surface area (Å²) in [6, 6.07) is 1.84.